The number of benzene rings is 1. The average molecular weight is 357 g/mol. The van der Waals surface area contributed by atoms with Crippen molar-refractivity contribution in [3.8, 4) is 0 Å². The van der Waals surface area contributed by atoms with E-state index < -0.39 is 6.03 Å². The van der Waals surface area contributed by atoms with E-state index in [4.69, 9.17) is 4.52 Å². The molecule has 0 atom stereocenters. The molecule has 8 nitrogen and oxygen atoms in total. The van der Waals surface area contributed by atoms with E-state index in [0.717, 1.165) is 0 Å². The topological polar surface area (TPSA) is 110 Å². The maximum atomic E-state index is 12.1. The molecule has 128 valence electrons. The number of nitrogens with zero attached hydrogens (tertiary/aromatic N) is 3. The molecular weight excluding hydrogens is 342 g/mol. The first-order valence-corrected chi connectivity index (χ1v) is 8.37. The van der Waals surface area contributed by atoms with Crippen LogP contribution >= 0.6 is 11.3 Å². The number of carbonyl (C=O) groups is 2. The van der Waals surface area contributed by atoms with Crippen LogP contribution in [0, 0.1) is 0 Å². The van der Waals surface area contributed by atoms with Crippen LogP contribution in [-0.4, -0.2) is 27.2 Å². The first-order valence-electron chi connectivity index (χ1n) is 7.56. The van der Waals surface area contributed by atoms with Gasteiger partial charge in [-0.1, -0.05) is 46.8 Å². The van der Waals surface area contributed by atoms with Crippen molar-refractivity contribution in [3.63, 3.8) is 0 Å². The van der Waals surface area contributed by atoms with Crippen LogP contribution in [0.3, 0.4) is 0 Å². The Morgan fingerprint density at radius 1 is 1.12 bits per heavy atom. The molecular formula is C16H15N5O3S. The Morgan fingerprint density at radius 2 is 1.96 bits per heavy atom. The summed E-state index contributed by atoms with van der Waals surface area (Å²) in [7, 11) is 0. The number of amides is 2. The molecule has 2 aromatic heterocycles. The van der Waals surface area contributed by atoms with Crippen LogP contribution in [0.1, 0.15) is 27.5 Å². The maximum Gasteiger partial charge on any atom is 0.321 e. The first-order chi connectivity index (χ1) is 12.2. The quantitative estimate of drug-likeness (QED) is 0.629. The fraction of sp³-hybridized carbons (Fsp3) is 0.188. The lowest BCUT2D eigenvalue weighted by Gasteiger charge is -2.01. The normalized spacial score (nSPS) is 10.4. The minimum atomic E-state index is -0.417. The summed E-state index contributed by atoms with van der Waals surface area (Å²) >= 11 is 1.24. The molecule has 1 aromatic carbocycles. The van der Waals surface area contributed by atoms with Crippen molar-refractivity contribution in [2.75, 3.05) is 5.32 Å². The number of hydrogen-bond donors (Lipinski definition) is 2. The van der Waals surface area contributed by atoms with Gasteiger partial charge < -0.3 is 9.84 Å². The van der Waals surface area contributed by atoms with Gasteiger partial charge in [0.1, 0.15) is 5.01 Å². The van der Waals surface area contributed by atoms with Crippen molar-refractivity contribution in [1.29, 1.82) is 0 Å². The van der Waals surface area contributed by atoms with Crippen LogP contribution in [-0.2, 0) is 13.0 Å². The van der Waals surface area contributed by atoms with E-state index in [1.807, 2.05) is 18.2 Å². The van der Waals surface area contributed by atoms with Gasteiger partial charge in [0, 0.05) is 24.5 Å². The molecule has 0 unspecified atom stereocenters. The van der Waals surface area contributed by atoms with Crippen molar-refractivity contribution in [3.05, 3.63) is 58.9 Å². The monoisotopic (exact) mass is 357 g/mol. The summed E-state index contributed by atoms with van der Waals surface area (Å²) < 4.78 is 4.88. The second-order valence-electron chi connectivity index (χ2n) is 5.08. The summed E-state index contributed by atoms with van der Waals surface area (Å²) in [5, 5.41) is 17.7. The predicted octanol–water partition coefficient (Wildman–Crippen LogP) is 2.66. The molecule has 9 heteroatoms. The number of carbonyl (C=O) groups excluding carboxylic acids is 2. The van der Waals surface area contributed by atoms with Crippen molar-refractivity contribution in [1.82, 2.24) is 20.7 Å². The molecule has 0 fully saturated rings. The first kappa shape index (κ1) is 16.8. The van der Waals surface area contributed by atoms with Crippen molar-refractivity contribution >= 4 is 28.3 Å². The van der Waals surface area contributed by atoms with Crippen LogP contribution in [0.25, 0.3) is 0 Å². The molecule has 3 aromatic rings. The molecule has 2 heterocycles. The summed E-state index contributed by atoms with van der Waals surface area (Å²) in [6.07, 6.45) is 2.33. The molecule has 0 bridgehead atoms. The zero-order chi connectivity index (χ0) is 17.5. The van der Waals surface area contributed by atoms with E-state index in [9.17, 15) is 9.59 Å². The molecule has 2 N–H and O–H groups in total. The van der Waals surface area contributed by atoms with Gasteiger partial charge in [0.2, 0.25) is 5.13 Å². The highest BCUT2D eigenvalue weighted by Crippen LogP contribution is 2.17. The van der Waals surface area contributed by atoms with Gasteiger partial charge >= 0.3 is 6.03 Å². The summed E-state index contributed by atoms with van der Waals surface area (Å²) in [6, 6.07) is 10.3. The number of hydrogen-bond acceptors (Lipinski definition) is 7. The summed E-state index contributed by atoms with van der Waals surface area (Å²) in [6.45, 7) is 0.225. The van der Waals surface area contributed by atoms with E-state index in [0.29, 0.717) is 34.3 Å². The Hall–Kier alpha value is -3.07. The fourth-order valence-electron chi connectivity index (χ4n) is 2.04. The second kappa shape index (κ2) is 8.15. The summed E-state index contributed by atoms with van der Waals surface area (Å²) in [4.78, 5) is 23.8. The lowest BCUT2D eigenvalue weighted by molar-refractivity contribution is 0.0982. The van der Waals surface area contributed by atoms with Crippen LogP contribution < -0.4 is 10.6 Å². The molecule has 3 rings (SSSR count). The van der Waals surface area contributed by atoms with Gasteiger partial charge in [0.05, 0.1) is 12.7 Å². The van der Waals surface area contributed by atoms with Gasteiger partial charge in [0.25, 0.3) is 0 Å². The highest BCUT2D eigenvalue weighted by molar-refractivity contribution is 7.15. The van der Waals surface area contributed by atoms with Crippen LogP contribution in [0.2, 0.25) is 0 Å². The number of anilines is 1. The van der Waals surface area contributed by atoms with E-state index in [-0.39, 0.29) is 12.3 Å². The lowest BCUT2D eigenvalue weighted by Crippen LogP contribution is -2.27. The molecule has 0 aliphatic carbocycles. The zero-order valence-electron chi connectivity index (χ0n) is 13.1. The second-order valence-corrected chi connectivity index (χ2v) is 6.14. The molecule has 25 heavy (non-hydrogen) atoms. The number of urea groups is 1. The van der Waals surface area contributed by atoms with Crippen molar-refractivity contribution < 1.29 is 14.1 Å². The Kier molecular flexibility index (Phi) is 5.47. The number of aryl methyl sites for hydroxylation is 1. The van der Waals surface area contributed by atoms with E-state index in [1.54, 1.807) is 18.2 Å². The number of nitrogens with one attached hydrogen (secondary N) is 2. The Balaban J connectivity index is 1.45. The third-order valence-corrected chi connectivity index (χ3v) is 4.16. The highest BCUT2D eigenvalue weighted by Gasteiger charge is 2.11. The maximum absolute atomic E-state index is 12.1. The van der Waals surface area contributed by atoms with Gasteiger partial charge in [-0.25, -0.2) is 4.79 Å². The van der Waals surface area contributed by atoms with Gasteiger partial charge in [-0.3, -0.25) is 10.1 Å². The van der Waals surface area contributed by atoms with E-state index >= 15 is 0 Å². The molecule has 0 saturated carbocycles. The van der Waals surface area contributed by atoms with Crippen molar-refractivity contribution in [2.45, 2.75) is 19.4 Å². The van der Waals surface area contributed by atoms with Gasteiger partial charge in [-0.05, 0) is 0 Å². The van der Waals surface area contributed by atoms with E-state index in [2.05, 4.69) is 26.0 Å². The van der Waals surface area contributed by atoms with Gasteiger partial charge in [0.15, 0.2) is 11.5 Å². The molecule has 2 amide bonds. The third-order valence-electron chi connectivity index (χ3n) is 3.26. The summed E-state index contributed by atoms with van der Waals surface area (Å²) in [5.41, 5.74) is 0.678. The minimum Gasteiger partial charge on any atom is -0.360 e. The molecule has 0 aliphatic heterocycles. The minimum absolute atomic E-state index is 0.0510. The van der Waals surface area contributed by atoms with Gasteiger partial charge in [-0.15, -0.1) is 10.2 Å². The molecule has 0 saturated heterocycles. The third kappa shape index (κ3) is 4.95. The summed E-state index contributed by atoms with van der Waals surface area (Å²) in [5.74, 6) is 0.600. The SMILES string of the molecule is O=C(NCc1ccno1)Nc1nnc(CCC(=O)c2ccccc2)s1. The van der Waals surface area contributed by atoms with Crippen molar-refractivity contribution in [2.24, 2.45) is 0 Å². The predicted molar refractivity (Wildman–Crippen MR) is 91.4 cm³/mol. The largest absolute Gasteiger partial charge is 0.360 e. The standard InChI is InChI=1S/C16H15N5O3S/c22-13(11-4-2-1-3-5-11)6-7-14-20-21-16(25-14)19-15(23)17-10-12-8-9-18-24-12/h1-5,8-9H,6-7,10H2,(H2,17,19,21,23). The zero-order valence-corrected chi connectivity index (χ0v) is 14.0. The number of aromatic nitrogens is 3. The fourth-order valence-corrected chi connectivity index (χ4v) is 2.77. The molecule has 0 radical (unpaired) electrons. The molecule has 0 spiro atoms. The average Bonchev–Trinajstić information content (AvgIpc) is 3.30. The Labute approximate surface area is 147 Å². The van der Waals surface area contributed by atoms with Crippen LogP contribution in [0.5, 0.6) is 0 Å². The molecule has 0 aliphatic rings. The lowest BCUT2D eigenvalue weighted by atomic mass is 10.1. The Morgan fingerprint density at radius 3 is 2.72 bits per heavy atom. The van der Waals surface area contributed by atoms with Crippen LogP contribution in [0.15, 0.2) is 47.1 Å². The number of ketones is 1. The number of rotatable bonds is 7. The van der Waals surface area contributed by atoms with Crippen LogP contribution in [0.4, 0.5) is 9.93 Å². The Bertz CT molecular complexity index is 833. The highest BCUT2D eigenvalue weighted by atomic mass is 32.1. The number of Topliss-reactive ketones (excluding diaryl/α,β-unsaturated/α-hetero) is 1. The smallest absolute Gasteiger partial charge is 0.321 e. The van der Waals surface area contributed by atoms with Gasteiger partial charge in [-0.2, -0.15) is 0 Å². The van der Waals surface area contributed by atoms with E-state index in [1.165, 1.54) is 17.5 Å².